The fourth-order valence-electron chi connectivity index (χ4n) is 2.40. The van der Waals surface area contributed by atoms with E-state index in [1.54, 1.807) is 0 Å². The molecule has 3 heteroatoms. The predicted molar refractivity (Wildman–Crippen MR) is 91.0 cm³/mol. The number of carbonyl (C=O) groups is 1. The van der Waals surface area contributed by atoms with E-state index in [4.69, 9.17) is 0 Å². The van der Waals surface area contributed by atoms with E-state index in [1.165, 1.54) is 11.1 Å². The number of carbonyl (C=O) groups excluding carboxylic acids is 1. The van der Waals surface area contributed by atoms with Gasteiger partial charge >= 0.3 is 0 Å². The minimum Gasteiger partial charge on any atom is -0.326 e. The largest absolute Gasteiger partial charge is 0.326 e. The first kappa shape index (κ1) is 17.7. The third-order valence-electron chi connectivity index (χ3n) is 3.59. The maximum atomic E-state index is 12.2. The number of hydrogen-bond acceptors (Lipinski definition) is 2. The van der Waals surface area contributed by atoms with Gasteiger partial charge in [-0.3, -0.25) is 4.79 Å². The Morgan fingerprint density at radius 3 is 2.10 bits per heavy atom. The molecular formula is C18H30N2O. The van der Waals surface area contributed by atoms with Gasteiger partial charge < -0.3 is 10.6 Å². The lowest BCUT2D eigenvalue weighted by atomic mass is 9.92. The second-order valence-electron chi connectivity index (χ2n) is 6.17. The van der Waals surface area contributed by atoms with Crippen LogP contribution in [0.15, 0.2) is 18.2 Å². The van der Waals surface area contributed by atoms with Crippen molar-refractivity contribution in [3.05, 3.63) is 29.3 Å². The Morgan fingerprint density at radius 1 is 1.05 bits per heavy atom. The van der Waals surface area contributed by atoms with E-state index >= 15 is 0 Å². The molecule has 0 atom stereocenters. The van der Waals surface area contributed by atoms with E-state index in [2.05, 4.69) is 63.5 Å². The van der Waals surface area contributed by atoms with Gasteiger partial charge in [0.25, 0.3) is 0 Å². The van der Waals surface area contributed by atoms with Gasteiger partial charge in [0, 0.05) is 18.7 Å². The van der Waals surface area contributed by atoms with E-state index in [-0.39, 0.29) is 5.91 Å². The van der Waals surface area contributed by atoms with Crippen LogP contribution in [0.2, 0.25) is 0 Å². The molecule has 0 aliphatic carbocycles. The molecule has 1 rings (SSSR count). The van der Waals surface area contributed by atoms with Gasteiger partial charge in [0.05, 0.1) is 0 Å². The lowest BCUT2D eigenvalue weighted by molar-refractivity contribution is -0.116. The summed E-state index contributed by atoms with van der Waals surface area (Å²) in [6.45, 7) is 12.5. The third-order valence-corrected chi connectivity index (χ3v) is 3.59. The molecule has 0 spiro atoms. The van der Waals surface area contributed by atoms with Crippen molar-refractivity contribution in [1.29, 1.82) is 0 Å². The van der Waals surface area contributed by atoms with Crippen LogP contribution in [0.3, 0.4) is 0 Å². The smallest absolute Gasteiger partial charge is 0.225 e. The fourth-order valence-corrected chi connectivity index (χ4v) is 2.40. The van der Waals surface area contributed by atoms with Gasteiger partial charge in [0.15, 0.2) is 0 Å². The lowest BCUT2D eigenvalue weighted by Crippen LogP contribution is -2.23. The molecule has 3 nitrogen and oxygen atoms in total. The number of amides is 1. The molecule has 0 fully saturated rings. The monoisotopic (exact) mass is 290 g/mol. The number of hydrogen-bond donors (Lipinski definition) is 2. The van der Waals surface area contributed by atoms with Crippen LogP contribution >= 0.6 is 0 Å². The molecule has 2 N–H and O–H groups in total. The molecule has 0 saturated heterocycles. The van der Waals surface area contributed by atoms with Crippen molar-refractivity contribution in [1.82, 2.24) is 5.32 Å². The Hall–Kier alpha value is -1.35. The molecule has 0 radical (unpaired) electrons. The van der Waals surface area contributed by atoms with Gasteiger partial charge in [-0.25, -0.2) is 0 Å². The molecule has 0 unspecified atom stereocenters. The highest BCUT2D eigenvalue weighted by Crippen LogP contribution is 2.32. The molecule has 1 amide bonds. The minimum absolute atomic E-state index is 0.0913. The summed E-state index contributed by atoms with van der Waals surface area (Å²) in [4.78, 5) is 12.2. The van der Waals surface area contributed by atoms with Crippen LogP contribution < -0.4 is 10.6 Å². The summed E-state index contributed by atoms with van der Waals surface area (Å²) in [5.41, 5.74) is 3.45. The van der Waals surface area contributed by atoms with E-state index in [0.29, 0.717) is 18.3 Å². The van der Waals surface area contributed by atoms with Crippen LogP contribution in [0.5, 0.6) is 0 Å². The molecule has 0 aliphatic rings. The summed E-state index contributed by atoms with van der Waals surface area (Å²) >= 11 is 0. The standard InChI is InChI=1S/C18H30N2O/c1-6-11-19-12-10-17(21)20-18-15(13(2)3)8-7-9-16(18)14(4)5/h7-9,13-14,19H,6,10-12H2,1-5H3,(H,20,21). The normalized spacial score (nSPS) is 11.2. The highest BCUT2D eigenvalue weighted by atomic mass is 16.1. The number of nitrogens with one attached hydrogen (secondary N) is 2. The van der Waals surface area contributed by atoms with Crippen molar-refractivity contribution >= 4 is 11.6 Å². The van der Waals surface area contributed by atoms with Gasteiger partial charge in [-0.05, 0) is 35.9 Å². The van der Waals surface area contributed by atoms with Gasteiger partial charge in [0.1, 0.15) is 0 Å². The van der Waals surface area contributed by atoms with E-state index in [0.717, 1.165) is 25.2 Å². The summed E-state index contributed by atoms with van der Waals surface area (Å²) in [6.07, 6.45) is 1.61. The van der Waals surface area contributed by atoms with Crippen molar-refractivity contribution in [2.75, 3.05) is 18.4 Å². The summed E-state index contributed by atoms with van der Waals surface area (Å²) in [6, 6.07) is 6.31. The molecule has 0 bridgehead atoms. The van der Waals surface area contributed by atoms with Gasteiger partial charge in [0.2, 0.25) is 5.91 Å². The zero-order valence-electron chi connectivity index (χ0n) is 14.1. The number of para-hydroxylation sites is 1. The highest BCUT2D eigenvalue weighted by Gasteiger charge is 2.15. The summed E-state index contributed by atoms with van der Waals surface area (Å²) in [5.74, 6) is 0.892. The molecule has 0 aromatic heterocycles. The second kappa shape index (κ2) is 8.83. The Labute approximate surface area is 129 Å². The zero-order valence-corrected chi connectivity index (χ0v) is 14.1. The quantitative estimate of drug-likeness (QED) is 0.702. The third kappa shape index (κ3) is 5.50. The van der Waals surface area contributed by atoms with Gasteiger partial charge in [-0.2, -0.15) is 0 Å². The fraction of sp³-hybridized carbons (Fsp3) is 0.611. The average Bonchev–Trinajstić information content (AvgIpc) is 2.43. The van der Waals surface area contributed by atoms with E-state index in [9.17, 15) is 4.79 Å². The average molecular weight is 290 g/mol. The molecular weight excluding hydrogens is 260 g/mol. The maximum absolute atomic E-state index is 12.2. The Morgan fingerprint density at radius 2 is 1.62 bits per heavy atom. The number of anilines is 1. The SMILES string of the molecule is CCCNCCC(=O)Nc1c(C(C)C)cccc1C(C)C. The Kier molecular flexibility index (Phi) is 7.44. The van der Waals surface area contributed by atoms with Crippen molar-refractivity contribution < 1.29 is 4.79 Å². The van der Waals surface area contributed by atoms with Crippen molar-refractivity contribution in [3.8, 4) is 0 Å². The van der Waals surface area contributed by atoms with Crippen LogP contribution in [0.4, 0.5) is 5.69 Å². The molecule has 0 aliphatic heterocycles. The first-order chi connectivity index (χ1) is 9.97. The molecule has 1 aromatic rings. The predicted octanol–water partition coefficient (Wildman–Crippen LogP) is 4.26. The van der Waals surface area contributed by atoms with Crippen molar-refractivity contribution in [2.24, 2.45) is 0 Å². The summed E-state index contributed by atoms with van der Waals surface area (Å²) in [5, 5.41) is 6.41. The molecule has 21 heavy (non-hydrogen) atoms. The first-order valence-corrected chi connectivity index (χ1v) is 8.10. The maximum Gasteiger partial charge on any atom is 0.225 e. The Bertz CT molecular complexity index is 426. The number of benzene rings is 1. The zero-order chi connectivity index (χ0) is 15.8. The van der Waals surface area contributed by atoms with Crippen LogP contribution in [0.25, 0.3) is 0 Å². The van der Waals surface area contributed by atoms with Gasteiger partial charge in [-0.15, -0.1) is 0 Å². The van der Waals surface area contributed by atoms with Crippen molar-refractivity contribution in [2.45, 2.75) is 59.3 Å². The van der Waals surface area contributed by atoms with Crippen molar-refractivity contribution in [3.63, 3.8) is 0 Å². The summed E-state index contributed by atoms with van der Waals surface area (Å²) < 4.78 is 0. The van der Waals surface area contributed by atoms with E-state index in [1.807, 2.05) is 0 Å². The highest BCUT2D eigenvalue weighted by molar-refractivity contribution is 5.92. The lowest BCUT2D eigenvalue weighted by Gasteiger charge is -2.20. The van der Waals surface area contributed by atoms with Crippen LogP contribution in [-0.2, 0) is 4.79 Å². The molecule has 0 heterocycles. The topological polar surface area (TPSA) is 41.1 Å². The number of rotatable bonds is 8. The Balaban J connectivity index is 2.82. The van der Waals surface area contributed by atoms with Crippen LogP contribution in [-0.4, -0.2) is 19.0 Å². The minimum atomic E-state index is 0.0913. The molecule has 1 aromatic carbocycles. The molecule has 118 valence electrons. The van der Waals surface area contributed by atoms with E-state index < -0.39 is 0 Å². The first-order valence-electron chi connectivity index (χ1n) is 8.10. The summed E-state index contributed by atoms with van der Waals surface area (Å²) in [7, 11) is 0. The van der Waals surface area contributed by atoms with Crippen LogP contribution in [0.1, 0.15) is 70.4 Å². The second-order valence-corrected chi connectivity index (χ2v) is 6.17. The molecule has 0 saturated carbocycles. The van der Waals surface area contributed by atoms with Crippen LogP contribution in [0, 0.1) is 0 Å². The van der Waals surface area contributed by atoms with Gasteiger partial charge in [-0.1, -0.05) is 52.8 Å².